The highest BCUT2D eigenvalue weighted by Crippen LogP contribution is 2.30. The van der Waals surface area contributed by atoms with E-state index in [4.69, 9.17) is 15.2 Å². The molecule has 0 aromatic heterocycles. The maximum absolute atomic E-state index is 11.9. The van der Waals surface area contributed by atoms with E-state index in [1.165, 1.54) is 0 Å². The van der Waals surface area contributed by atoms with Crippen molar-refractivity contribution in [1.82, 2.24) is 4.90 Å². The summed E-state index contributed by atoms with van der Waals surface area (Å²) in [5.74, 6) is 0.635. The van der Waals surface area contributed by atoms with Crippen molar-refractivity contribution in [2.24, 2.45) is 5.73 Å². The number of benzene rings is 1. The Hall–Kier alpha value is -1.80. The highest BCUT2D eigenvalue weighted by atomic mass is 32.2. The molecule has 2 rings (SSSR count). The zero-order chi connectivity index (χ0) is 17.6. The van der Waals surface area contributed by atoms with Gasteiger partial charge >= 0.3 is 0 Å². The van der Waals surface area contributed by atoms with Gasteiger partial charge in [0.25, 0.3) is 0 Å². The Bertz CT molecular complexity index is 662. The number of nitrogens with zero attached hydrogens (tertiary/aromatic N) is 1. The summed E-state index contributed by atoms with van der Waals surface area (Å²) in [6, 6.07) is 7.48. The number of primary amides is 1. The van der Waals surface area contributed by atoms with Crippen LogP contribution in [0.25, 0.3) is 0 Å². The molecule has 0 spiro atoms. The molecule has 0 aliphatic carbocycles. The normalized spacial score (nSPS) is 17.0. The first-order chi connectivity index (χ1) is 11.4. The molecule has 1 aliphatic heterocycles. The van der Waals surface area contributed by atoms with Crippen molar-refractivity contribution < 1.29 is 22.7 Å². The SMILES string of the molecule is CCN(CCS(=O)(=O)CCC(N)=O)CC1COc2ccccc2O1. The number of likely N-dealkylation sites (N-methyl/N-ethyl adjacent to an activating group) is 1. The highest BCUT2D eigenvalue weighted by Gasteiger charge is 2.23. The van der Waals surface area contributed by atoms with E-state index in [-0.39, 0.29) is 24.0 Å². The van der Waals surface area contributed by atoms with E-state index in [1.54, 1.807) is 0 Å². The maximum atomic E-state index is 11.9. The maximum Gasteiger partial charge on any atom is 0.218 e. The van der Waals surface area contributed by atoms with Gasteiger partial charge in [-0.2, -0.15) is 0 Å². The molecular weight excluding hydrogens is 332 g/mol. The number of sulfone groups is 1. The van der Waals surface area contributed by atoms with E-state index in [0.29, 0.717) is 32.0 Å². The Morgan fingerprint density at radius 1 is 1.29 bits per heavy atom. The molecule has 1 heterocycles. The second-order valence-electron chi connectivity index (χ2n) is 5.76. The highest BCUT2D eigenvalue weighted by molar-refractivity contribution is 7.91. The van der Waals surface area contributed by atoms with Crippen molar-refractivity contribution >= 4 is 15.7 Å². The van der Waals surface area contributed by atoms with Gasteiger partial charge in [-0.25, -0.2) is 8.42 Å². The lowest BCUT2D eigenvalue weighted by molar-refractivity contribution is -0.117. The van der Waals surface area contributed by atoms with E-state index in [9.17, 15) is 13.2 Å². The number of hydrogen-bond acceptors (Lipinski definition) is 6. The van der Waals surface area contributed by atoms with Crippen LogP contribution in [0.4, 0.5) is 0 Å². The summed E-state index contributed by atoms with van der Waals surface area (Å²) in [5, 5.41) is 0. The zero-order valence-corrected chi connectivity index (χ0v) is 14.6. The third-order valence-electron chi connectivity index (χ3n) is 3.85. The second-order valence-corrected chi connectivity index (χ2v) is 8.06. The van der Waals surface area contributed by atoms with Crippen LogP contribution < -0.4 is 15.2 Å². The number of rotatable bonds is 9. The average Bonchev–Trinajstić information content (AvgIpc) is 2.57. The quantitative estimate of drug-likeness (QED) is 0.689. The molecule has 24 heavy (non-hydrogen) atoms. The summed E-state index contributed by atoms with van der Waals surface area (Å²) in [4.78, 5) is 12.7. The van der Waals surface area contributed by atoms with Gasteiger partial charge in [0.05, 0.1) is 11.5 Å². The van der Waals surface area contributed by atoms with Gasteiger partial charge in [0.1, 0.15) is 12.7 Å². The van der Waals surface area contributed by atoms with Gasteiger partial charge in [-0.3, -0.25) is 9.69 Å². The van der Waals surface area contributed by atoms with Crippen LogP contribution in [0.1, 0.15) is 13.3 Å². The topological polar surface area (TPSA) is 98.9 Å². The Balaban J connectivity index is 1.83. The minimum Gasteiger partial charge on any atom is -0.486 e. The molecule has 0 radical (unpaired) electrons. The number of fused-ring (bicyclic) bond motifs is 1. The molecule has 1 unspecified atom stereocenters. The Morgan fingerprint density at radius 2 is 2.00 bits per heavy atom. The van der Waals surface area contributed by atoms with Gasteiger partial charge in [-0.05, 0) is 18.7 Å². The molecule has 0 saturated carbocycles. The van der Waals surface area contributed by atoms with Crippen LogP contribution in [-0.2, 0) is 14.6 Å². The predicted molar refractivity (Wildman–Crippen MR) is 90.9 cm³/mol. The van der Waals surface area contributed by atoms with Crippen molar-refractivity contribution in [2.75, 3.05) is 37.7 Å². The standard InChI is InChI=1S/C16H24N2O5S/c1-2-18(8-10-24(20,21)9-7-16(17)19)11-13-12-22-14-5-3-4-6-15(14)23-13/h3-6,13H,2,7-12H2,1H3,(H2,17,19). The first-order valence-corrected chi connectivity index (χ1v) is 9.81. The summed E-state index contributed by atoms with van der Waals surface area (Å²) < 4.78 is 35.4. The minimum atomic E-state index is -3.29. The molecule has 0 bridgehead atoms. The zero-order valence-electron chi connectivity index (χ0n) is 13.8. The third kappa shape index (κ3) is 5.68. The molecule has 0 saturated heterocycles. The van der Waals surface area contributed by atoms with Gasteiger partial charge in [0.2, 0.25) is 5.91 Å². The smallest absolute Gasteiger partial charge is 0.218 e. The second kappa shape index (κ2) is 8.34. The number of carbonyl (C=O) groups excluding carboxylic acids is 1. The van der Waals surface area contributed by atoms with E-state index in [0.717, 1.165) is 5.75 Å². The molecule has 1 aromatic rings. The van der Waals surface area contributed by atoms with E-state index < -0.39 is 15.7 Å². The molecular formula is C16H24N2O5S. The Labute approximate surface area is 142 Å². The number of amides is 1. The molecule has 2 N–H and O–H groups in total. The van der Waals surface area contributed by atoms with Gasteiger partial charge in [-0.15, -0.1) is 0 Å². The fraction of sp³-hybridized carbons (Fsp3) is 0.562. The monoisotopic (exact) mass is 356 g/mol. The summed E-state index contributed by atoms with van der Waals surface area (Å²) in [5.41, 5.74) is 5.00. The first-order valence-electron chi connectivity index (χ1n) is 7.99. The van der Waals surface area contributed by atoms with E-state index in [1.807, 2.05) is 36.1 Å². The molecule has 8 heteroatoms. The van der Waals surface area contributed by atoms with Crippen LogP contribution in [0.15, 0.2) is 24.3 Å². The summed E-state index contributed by atoms with van der Waals surface area (Å²) in [6.45, 7) is 4.07. The van der Waals surface area contributed by atoms with Crippen LogP contribution in [0.2, 0.25) is 0 Å². The fourth-order valence-electron chi connectivity index (χ4n) is 2.45. The average molecular weight is 356 g/mol. The van der Waals surface area contributed by atoms with Crippen molar-refractivity contribution in [2.45, 2.75) is 19.4 Å². The van der Waals surface area contributed by atoms with Crippen LogP contribution in [0.3, 0.4) is 0 Å². The number of ether oxygens (including phenoxy) is 2. The Kier molecular flexibility index (Phi) is 6.44. The minimum absolute atomic E-state index is 0.00170. The molecule has 7 nitrogen and oxygen atoms in total. The molecule has 1 atom stereocenters. The van der Waals surface area contributed by atoms with Crippen molar-refractivity contribution in [3.8, 4) is 11.5 Å². The number of nitrogens with two attached hydrogens (primary N) is 1. The first kappa shape index (κ1) is 18.5. The summed E-state index contributed by atoms with van der Waals surface area (Å²) in [6.07, 6.45) is -0.279. The Morgan fingerprint density at radius 3 is 2.67 bits per heavy atom. The van der Waals surface area contributed by atoms with Crippen LogP contribution in [0, 0.1) is 0 Å². The van der Waals surface area contributed by atoms with Gasteiger partial charge in [0.15, 0.2) is 21.3 Å². The molecule has 1 amide bonds. The van der Waals surface area contributed by atoms with Crippen LogP contribution in [0.5, 0.6) is 11.5 Å². The fourth-order valence-corrected chi connectivity index (χ4v) is 3.70. The summed E-state index contributed by atoms with van der Waals surface area (Å²) in [7, 11) is -3.29. The lowest BCUT2D eigenvalue weighted by atomic mass is 10.2. The van der Waals surface area contributed by atoms with Gasteiger partial charge < -0.3 is 15.2 Å². The number of hydrogen-bond donors (Lipinski definition) is 1. The largest absolute Gasteiger partial charge is 0.486 e. The number of para-hydroxylation sites is 2. The predicted octanol–water partition coefficient (Wildman–Crippen LogP) is 0.439. The third-order valence-corrected chi connectivity index (χ3v) is 5.49. The molecule has 0 fully saturated rings. The molecule has 1 aromatic carbocycles. The lowest BCUT2D eigenvalue weighted by Crippen LogP contribution is -2.42. The lowest BCUT2D eigenvalue weighted by Gasteiger charge is -2.30. The van der Waals surface area contributed by atoms with Crippen molar-refractivity contribution in [3.63, 3.8) is 0 Å². The number of carbonyl (C=O) groups is 1. The van der Waals surface area contributed by atoms with Gasteiger partial charge in [-0.1, -0.05) is 19.1 Å². The van der Waals surface area contributed by atoms with Crippen molar-refractivity contribution in [1.29, 1.82) is 0 Å². The van der Waals surface area contributed by atoms with Gasteiger partial charge in [0, 0.05) is 19.5 Å². The molecule has 1 aliphatic rings. The van der Waals surface area contributed by atoms with Crippen LogP contribution in [-0.4, -0.2) is 63.1 Å². The molecule has 134 valence electrons. The van der Waals surface area contributed by atoms with E-state index >= 15 is 0 Å². The van der Waals surface area contributed by atoms with Crippen LogP contribution >= 0.6 is 0 Å². The summed E-state index contributed by atoms with van der Waals surface area (Å²) >= 11 is 0. The van der Waals surface area contributed by atoms with Crippen molar-refractivity contribution in [3.05, 3.63) is 24.3 Å². The van der Waals surface area contributed by atoms with E-state index in [2.05, 4.69) is 0 Å².